The molecule has 7 nitrogen and oxygen atoms in total. The minimum absolute atomic E-state index is 0.134. The van der Waals surface area contributed by atoms with Gasteiger partial charge in [0.1, 0.15) is 16.7 Å². The summed E-state index contributed by atoms with van der Waals surface area (Å²) in [6.45, 7) is 1.00. The minimum atomic E-state index is -3.67. The summed E-state index contributed by atoms with van der Waals surface area (Å²) in [5.74, 6) is 0.319. The molecule has 0 saturated carbocycles. The van der Waals surface area contributed by atoms with Gasteiger partial charge in [-0.25, -0.2) is 17.9 Å². The van der Waals surface area contributed by atoms with Gasteiger partial charge in [-0.15, -0.1) is 0 Å². The van der Waals surface area contributed by atoms with E-state index in [1.54, 1.807) is 23.1 Å². The Labute approximate surface area is 152 Å². The summed E-state index contributed by atoms with van der Waals surface area (Å²) in [6, 6.07) is 15.4. The molecule has 1 fully saturated rings. The van der Waals surface area contributed by atoms with Gasteiger partial charge in [0, 0.05) is 13.1 Å². The topological polar surface area (TPSA) is 87.7 Å². The molecule has 2 aliphatic heterocycles. The third-order valence-corrected chi connectivity index (χ3v) is 6.09. The highest BCUT2D eigenvalue weighted by molar-refractivity contribution is 7.89. The van der Waals surface area contributed by atoms with E-state index in [9.17, 15) is 13.2 Å². The highest BCUT2D eigenvalue weighted by Crippen LogP contribution is 2.30. The molecule has 1 saturated heterocycles. The lowest BCUT2D eigenvalue weighted by Crippen LogP contribution is -2.43. The van der Waals surface area contributed by atoms with Crippen LogP contribution in [0.5, 0.6) is 5.75 Å². The van der Waals surface area contributed by atoms with Gasteiger partial charge >= 0.3 is 6.03 Å². The maximum Gasteiger partial charge on any atom is 0.317 e. The molecule has 2 atom stereocenters. The lowest BCUT2D eigenvalue weighted by atomic mass is 10.2. The van der Waals surface area contributed by atoms with Gasteiger partial charge in [-0.1, -0.05) is 42.5 Å². The van der Waals surface area contributed by atoms with E-state index in [2.05, 4.69) is 10.0 Å². The standard InChI is InChI=1S/C18H19N3O4S/c22-18(19-10-13-6-2-1-3-7-13)21-11-14-16(12-21)25-15-8-4-5-9-17(15)26(23,24)20-14/h1-9,14,16,20H,10-12H2,(H,19,22)/t14-,16+/m1/s1. The van der Waals surface area contributed by atoms with Crippen LogP contribution in [0.4, 0.5) is 4.79 Å². The fourth-order valence-corrected chi connectivity index (χ4v) is 4.64. The van der Waals surface area contributed by atoms with Crippen molar-refractivity contribution < 1.29 is 17.9 Å². The van der Waals surface area contributed by atoms with Crippen LogP contribution in [0.15, 0.2) is 59.5 Å². The number of para-hydroxylation sites is 1. The second-order valence-electron chi connectivity index (χ2n) is 6.38. The molecule has 136 valence electrons. The molecule has 0 aliphatic carbocycles. The molecule has 26 heavy (non-hydrogen) atoms. The molecule has 0 unspecified atom stereocenters. The summed E-state index contributed by atoms with van der Waals surface area (Å²) < 4.78 is 33.6. The van der Waals surface area contributed by atoms with E-state index in [4.69, 9.17) is 4.74 Å². The third-order valence-electron chi connectivity index (χ3n) is 4.56. The molecule has 2 aliphatic rings. The summed E-state index contributed by atoms with van der Waals surface area (Å²) in [7, 11) is -3.67. The van der Waals surface area contributed by atoms with E-state index in [1.165, 1.54) is 6.07 Å². The monoisotopic (exact) mass is 373 g/mol. The van der Waals surface area contributed by atoms with Gasteiger partial charge in [0.05, 0.1) is 12.6 Å². The number of hydrogen-bond acceptors (Lipinski definition) is 4. The summed E-state index contributed by atoms with van der Waals surface area (Å²) in [5.41, 5.74) is 1.00. The van der Waals surface area contributed by atoms with Crippen LogP contribution >= 0.6 is 0 Å². The first-order valence-electron chi connectivity index (χ1n) is 8.38. The Hall–Kier alpha value is -2.58. The first-order chi connectivity index (χ1) is 12.5. The smallest absolute Gasteiger partial charge is 0.317 e. The van der Waals surface area contributed by atoms with Crippen molar-refractivity contribution in [3.05, 3.63) is 60.2 Å². The van der Waals surface area contributed by atoms with Crippen molar-refractivity contribution >= 4 is 16.1 Å². The average Bonchev–Trinajstić information content (AvgIpc) is 2.98. The summed E-state index contributed by atoms with van der Waals surface area (Å²) in [4.78, 5) is 14.1. The number of ether oxygens (including phenoxy) is 1. The Morgan fingerprint density at radius 3 is 2.65 bits per heavy atom. The molecule has 2 N–H and O–H groups in total. The number of carbonyl (C=O) groups is 1. The Kier molecular flexibility index (Phi) is 4.29. The highest BCUT2D eigenvalue weighted by atomic mass is 32.2. The zero-order valence-corrected chi connectivity index (χ0v) is 14.8. The van der Waals surface area contributed by atoms with E-state index in [0.717, 1.165) is 5.56 Å². The van der Waals surface area contributed by atoms with Gasteiger partial charge in [0.25, 0.3) is 0 Å². The van der Waals surface area contributed by atoms with Crippen molar-refractivity contribution in [2.75, 3.05) is 13.1 Å². The van der Waals surface area contributed by atoms with Gasteiger partial charge < -0.3 is 15.0 Å². The molecular formula is C18H19N3O4S. The Morgan fingerprint density at radius 2 is 1.85 bits per heavy atom. The van der Waals surface area contributed by atoms with Crippen molar-refractivity contribution in [2.24, 2.45) is 0 Å². The van der Waals surface area contributed by atoms with E-state index >= 15 is 0 Å². The maximum atomic E-state index is 12.5. The molecule has 2 aromatic rings. The normalized spacial score (nSPS) is 23.3. The summed E-state index contributed by atoms with van der Waals surface area (Å²) >= 11 is 0. The van der Waals surface area contributed by atoms with E-state index in [1.807, 2.05) is 30.3 Å². The van der Waals surface area contributed by atoms with Crippen LogP contribution in [0.25, 0.3) is 0 Å². The summed E-state index contributed by atoms with van der Waals surface area (Å²) in [6.07, 6.45) is -0.420. The van der Waals surface area contributed by atoms with Gasteiger partial charge in [-0.3, -0.25) is 0 Å². The fourth-order valence-electron chi connectivity index (χ4n) is 3.25. The largest absolute Gasteiger partial charge is 0.485 e. The van der Waals surface area contributed by atoms with Crippen LogP contribution in [-0.2, 0) is 16.6 Å². The maximum absolute atomic E-state index is 12.5. The first kappa shape index (κ1) is 16.9. The lowest BCUT2D eigenvalue weighted by molar-refractivity contribution is 0.179. The van der Waals surface area contributed by atoms with Crippen LogP contribution in [0.3, 0.4) is 0 Å². The molecule has 0 spiro atoms. The Morgan fingerprint density at radius 1 is 1.12 bits per heavy atom. The lowest BCUT2D eigenvalue weighted by Gasteiger charge is -2.18. The van der Waals surface area contributed by atoms with E-state index in [-0.39, 0.29) is 17.5 Å². The second kappa shape index (κ2) is 6.62. The van der Waals surface area contributed by atoms with Crippen molar-refractivity contribution in [1.82, 2.24) is 14.9 Å². The highest BCUT2D eigenvalue weighted by Gasteiger charge is 2.42. The van der Waals surface area contributed by atoms with E-state index < -0.39 is 22.2 Å². The van der Waals surface area contributed by atoms with Crippen LogP contribution in [0.2, 0.25) is 0 Å². The first-order valence-corrected chi connectivity index (χ1v) is 9.86. The number of fused-ring (bicyclic) bond motifs is 2. The number of nitrogens with zero attached hydrogens (tertiary/aromatic N) is 1. The number of benzene rings is 2. The SMILES string of the molecule is O=C(NCc1ccccc1)N1C[C@@H]2Oc3ccccc3S(=O)(=O)N[C@@H]2C1. The second-order valence-corrected chi connectivity index (χ2v) is 8.06. The molecule has 8 heteroatoms. The van der Waals surface area contributed by atoms with Crippen molar-refractivity contribution in [3.63, 3.8) is 0 Å². The zero-order chi connectivity index (χ0) is 18.1. The molecular weight excluding hydrogens is 354 g/mol. The van der Waals surface area contributed by atoms with Crippen LogP contribution in [-0.4, -0.2) is 44.6 Å². The molecule has 2 heterocycles. The average molecular weight is 373 g/mol. The quantitative estimate of drug-likeness (QED) is 0.831. The number of carbonyl (C=O) groups excluding carboxylic acids is 1. The van der Waals surface area contributed by atoms with Crippen molar-refractivity contribution in [1.29, 1.82) is 0 Å². The van der Waals surface area contributed by atoms with Crippen LogP contribution in [0.1, 0.15) is 5.56 Å². The van der Waals surface area contributed by atoms with Crippen molar-refractivity contribution in [3.8, 4) is 5.75 Å². The van der Waals surface area contributed by atoms with Gasteiger partial charge in [0.2, 0.25) is 10.0 Å². The molecule has 0 aromatic heterocycles. The number of rotatable bonds is 2. The number of hydrogen-bond donors (Lipinski definition) is 2. The number of likely N-dealkylation sites (tertiary alicyclic amines) is 1. The van der Waals surface area contributed by atoms with Gasteiger partial charge in [-0.05, 0) is 17.7 Å². The van der Waals surface area contributed by atoms with Gasteiger partial charge in [-0.2, -0.15) is 0 Å². The van der Waals surface area contributed by atoms with Crippen LogP contribution in [0, 0.1) is 0 Å². The molecule has 2 aromatic carbocycles. The molecule has 0 bridgehead atoms. The number of amides is 2. The predicted molar refractivity (Wildman–Crippen MR) is 95.2 cm³/mol. The Balaban J connectivity index is 1.46. The number of urea groups is 1. The predicted octanol–water partition coefficient (Wildman–Crippen LogP) is 1.32. The van der Waals surface area contributed by atoms with Crippen LogP contribution < -0.4 is 14.8 Å². The van der Waals surface area contributed by atoms with Crippen molar-refractivity contribution in [2.45, 2.75) is 23.6 Å². The number of sulfonamides is 1. The molecule has 2 amide bonds. The van der Waals surface area contributed by atoms with Gasteiger partial charge in [0.15, 0.2) is 0 Å². The Bertz CT molecular complexity index is 917. The fraction of sp³-hybridized carbons (Fsp3) is 0.278. The summed E-state index contributed by atoms with van der Waals surface area (Å²) in [5, 5.41) is 2.86. The third kappa shape index (κ3) is 3.25. The zero-order valence-electron chi connectivity index (χ0n) is 14.0. The molecule has 0 radical (unpaired) electrons. The minimum Gasteiger partial charge on any atom is -0.485 e. The molecule has 4 rings (SSSR count). The number of nitrogens with one attached hydrogen (secondary N) is 2. The van der Waals surface area contributed by atoms with E-state index in [0.29, 0.717) is 18.8 Å².